The average Bonchev–Trinajstić information content (AvgIpc) is 2.76. The lowest BCUT2D eigenvalue weighted by atomic mass is 9.83. The van der Waals surface area contributed by atoms with Crippen LogP contribution < -0.4 is 9.64 Å². The van der Waals surface area contributed by atoms with Crippen LogP contribution in [-0.4, -0.2) is 18.8 Å². The summed E-state index contributed by atoms with van der Waals surface area (Å²) in [4.78, 5) is 25.8. The highest BCUT2D eigenvalue weighted by Crippen LogP contribution is 2.46. The first-order valence-corrected chi connectivity index (χ1v) is 8.19. The maximum Gasteiger partial charge on any atom is 0.308 e. The van der Waals surface area contributed by atoms with Crippen LogP contribution in [0.1, 0.15) is 36.7 Å². The van der Waals surface area contributed by atoms with Gasteiger partial charge in [-0.05, 0) is 35.9 Å². The summed E-state index contributed by atoms with van der Waals surface area (Å²) in [5.74, 6) is -0.0205. The number of ether oxygens (including phenoxy) is 1. The van der Waals surface area contributed by atoms with Crippen molar-refractivity contribution < 1.29 is 14.3 Å². The molecule has 2 aromatic carbocycles. The van der Waals surface area contributed by atoms with Crippen molar-refractivity contribution in [1.82, 2.24) is 0 Å². The summed E-state index contributed by atoms with van der Waals surface area (Å²) in [6, 6.07) is 14.8. The summed E-state index contributed by atoms with van der Waals surface area (Å²) < 4.78 is 5.00. The van der Waals surface area contributed by atoms with Crippen LogP contribution in [0.2, 0.25) is 0 Å². The Balaban J connectivity index is 1.90. The van der Waals surface area contributed by atoms with Crippen LogP contribution in [0.15, 0.2) is 60.3 Å². The Morgan fingerprint density at radius 1 is 1.04 bits per heavy atom. The predicted molar refractivity (Wildman–Crippen MR) is 98.0 cm³/mol. The fourth-order valence-electron chi connectivity index (χ4n) is 3.32. The molecule has 0 atom stereocenters. The third-order valence-corrected chi connectivity index (χ3v) is 4.61. The number of ketones is 1. The Morgan fingerprint density at radius 2 is 1.68 bits per heavy atom. The van der Waals surface area contributed by atoms with Crippen molar-refractivity contribution in [2.45, 2.75) is 26.2 Å². The third-order valence-electron chi connectivity index (χ3n) is 4.61. The van der Waals surface area contributed by atoms with E-state index in [-0.39, 0.29) is 17.2 Å². The number of para-hydroxylation sites is 1. The number of benzene rings is 2. The second kappa shape index (κ2) is 6.20. The number of anilines is 1. The van der Waals surface area contributed by atoms with E-state index < -0.39 is 0 Å². The zero-order chi connectivity index (χ0) is 18.2. The van der Waals surface area contributed by atoms with E-state index in [0.29, 0.717) is 11.3 Å². The highest BCUT2D eigenvalue weighted by molar-refractivity contribution is 6.05. The van der Waals surface area contributed by atoms with Crippen LogP contribution in [0.5, 0.6) is 5.75 Å². The molecule has 3 rings (SSSR count). The first kappa shape index (κ1) is 17.0. The number of rotatable bonds is 3. The van der Waals surface area contributed by atoms with E-state index in [1.54, 1.807) is 30.3 Å². The van der Waals surface area contributed by atoms with Gasteiger partial charge < -0.3 is 9.64 Å². The Bertz CT molecular complexity index is 863. The van der Waals surface area contributed by atoms with Crippen molar-refractivity contribution in [3.63, 3.8) is 0 Å². The molecule has 0 aliphatic carbocycles. The van der Waals surface area contributed by atoms with Gasteiger partial charge in [-0.2, -0.15) is 0 Å². The molecule has 0 saturated carbocycles. The molecule has 25 heavy (non-hydrogen) atoms. The molecule has 0 bridgehead atoms. The van der Waals surface area contributed by atoms with Crippen molar-refractivity contribution in [1.29, 1.82) is 0 Å². The Labute approximate surface area is 147 Å². The van der Waals surface area contributed by atoms with Gasteiger partial charge in [0.05, 0.1) is 0 Å². The van der Waals surface area contributed by atoms with Crippen molar-refractivity contribution in [2.75, 3.05) is 11.9 Å². The molecule has 1 heterocycles. The molecule has 2 aromatic rings. The second-order valence-corrected chi connectivity index (χ2v) is 6.71. The van der Waals surface area contributed by atoms with E-state index in [1.165, 1.54) is 12.5 Å². The second-order valence-electron chi connectivity index (χ2n) is 6.71. The molecule has 0 saturated heterocycles. The molecule has 4 heteroatoms. The highest BCUT2D eigenvalue weighted by Gasteiger charge is 2.38. The summed E-state index contributed by atoms with van der Waals surface area (Å²) in [5.41, 5.74) is 3.61. The van der Waals surface area contributed by atoms with Crippen LogP contribution in [0.25, 0.3) is 0 Å². The summed E-state index contributed by atoms with van der Waals surface area (Å²) in [6.07, 6.45) is 1.70. The summed E-state index contributed by atoms with van der Waals surface area (Å²) in [5, 5.41) is 0. The van der Waals surface area contributed by atoms with E-state index in [4.69, 9.17) is 4.74 Å². The average molecular weight is 335 g/mol. The number of hydrogen-bond donors (Lipinski definition) is 0. The Kier molecular flexibility index (Phi) is 4.21. The van der Waals surface area contributed by atoms with E-state index >= 15 is 0 Å². The smallest absolute Gasteiger partial charge is 0.308 e. The fourth-order valence-corrected chi connectivity index (χ4v) is 3.32. The Hall–Kier alpha value is -2.88. The van der Waals surface area contributed by atoms with E-state index in [1.807, 2.05) is 19.2 Å². The zero-order valence-electron chi connectivity index (χ0n) is 14.9. The molecule has 0 N–H and O–H groups in total. The number of carbonyl (C=O) groups is 2. The largest absolute Gasteiger partial charge is 0.427 e. The third kappa shape index (κ3) is 3.07. The SMILES string of the molecule is CC(=O)Oc1ccc(C(=O)/C=C2/N(C)c3ccccc3C2(C)C)cc1. The van der Waals surface area contributed by atoms with Crippen molar-refractivity contribution in [3.05, 3.63) is 71.4 Å². The number of allylic oxidation sites excluding steroid dienone is 2. The Morgan fingerprint density at radius 3 is 2.28 bits per heavy atom. The molecular formula is C21H21NO3. The van der Waals surface area contributed by atoms with Crippen LogP contribution in [-0.2, 0) is 10.2 Å². The fraction of sp³-hybridized carbons (Fsp3) is 0.238. The molecule has 128 valence electrons. The zero-order valence-corrected chi connectivity index (χ0v) is 14.9. The quantitative estimate of drug-likeness (QED) is 0.367. The van der Waals surface area contributed by atoms with Crippen LogP contribution >= 0.6 is 0 Å². The standard InChI is InChI=1S/C21H21NO3/c1-14(23)25-16-11-9-15(10-12-16)19(24)13-20-21(2,3)17-7-5-6-8-18(17)22(20)4/h5-13H,1-4H3/b20-13+. The van der Waals surface area contributed by atoms with Gasteiger partial charge in [0.1, 0.15) is 5.75 Å². The first-order valence-electron chi connectivity index (χ1n) is 8.19. The summed E-state index contributed by atoms with van der Waals surface area (Å²) in [6.45, 7) is 5.59. The lowest BCUT2D eigenvalue weighted by molar-refractivity contribution is -0.131. The van der Waals surface area contributed by atoms with Crippen LogP contribution in [0.4, 0.5) is 5.69 Å². The molecule has 0 unspecified atom stereocenters. The topological polar surface area (TPSA) is 46.6 Å². The van der Waals surface area contributed by atoms with Crippen LogP contribution in [0.3, 0.4) is 0 Å². The van der Waals surface area contributed by atoms with Gasteiger partial charge in [-0.3, -0.25) is 9.59 Å². The molecule has 0 radical (unpaired) electrons. The minimum atomic E-state index is -0.381. The highest BCUT2D eigenvalue weighted by atomic mass is 16.5. The summed E-state index contributed by atoms with van der Waals surface area (Å²) in [7, 11) is 1.98. The maximum absolute atomic E-state index is 12.7. The molecule has 0 fully saturated rings. The molecule has 0 spiro atoms. The number of nitrogens with zero attached hydrogens (tertiary/aromatic N) is 1. The normalized spacial score (nSPS) is 16.6. The predicted octanol–water partition coefficient (Wildman–Crippen LogP) is 4.11. The number of hydrogen-bond acceptors (Lipinski definition) is 4. The summed E-state index contributed by atoms with van der Waals surface area (Å²) >= 11 is 0. The molecule has 0 amide bonds. The molecule has 1 aliphatic heterocycles. The van der Waals surface area contributed by atoms with Crippen molar-refractivity contribution >= 4 is 17.4 Å². The van der Waals surface area contributed by atoms with E-state index in [2.05, 4.69) is 30.9 Å². The number of esters is 1. The van der Waals surface area contributed by atoms with Crippen LogP contribution in [0, 0.1) is 0 Å². The van der Waals surface area contributed by atoms with Gasteiger partial charge in [-0.25, -0.2) is 0 Å². The number of fused-ring (bicyclic) bond motifs is 1. The molecular weight excluding hydrogens is 314 g/mol. The van der Waals surface area contributed by atoms with Gasteiger partial charge in [0.15, 0.2) is 5.78 Å². The van der Waals surface area contributed by atoms with Crippen molar-refractivity contribution in [2.24, 2.45) is 0 Å². The van der Waals surface area contributed by atoms with E-state index in [9.17, 15) is 9.59 Å². The molecule has 4 nitrogen and oxygen atoms in total. The van der Waals surface area contributed by atoms with Gasteiger partial charge in [-0.15, -0.1) is 0 Å². The monoisotopic (exact) mass is 335 g/mol. The molecule has 1 aliphatic rings. The molecule has 0 aromatic heterocycles. The number of carbonyl (C=O) groups excluding carboxylic acids is 2. The van der Waals surface area contributed by atoms with Gasteiger partial charge >= 0.3 is 5.97 Å². The lowest BCUT2D eigenvalue weighted by Crippen LogP contribution is -2.24. The maximum atomic E-state index is 12.7. The minimum Gasteiger partial charge on any atom is -0.427 e. The van der Waals surface area contributed by atoms with Gasteiger partial charge in [0.25, 0.3) is 0 Å². The number of likely N-dealkylation sites (N-methyl/N-ethyl adjacent to an activating group) is 1. The lowest BCUT2D eigenvalue weighted by Gasteiger charge is -2.24. The van der Waals surface area contributed by atoms with Gasteiger partial charge in [0, 0.05) is 42.4 Å². The van der Waals surface area contributed by atoms with Crippen molar-refractivity contribution in [3.8, 4) is 5.75 Å². The van der Waals surface area contributed by atoms with Gasteiger partial charge in [0.2, 0.25) is 0 Å². The van der Waals surface area contributed by atoms with Gasteiger partial charge in [-0.1, -0.05) is 32.0 Å². The minimum absolute atomic E-state index is 0.0721. The first-order chi connectivity index (χ1) is 11.8. The van der Waals surface area contributed by atoms with E-state index in [0.717, 1.165) is 11.4 Å².